The van der Waals surface area contributed by atoms with E-state index in [0.717, 1.165) is 62.7 Å². The van der Waals surface area contributed by atoms with E-state index in [1.54, 1.807) is 6.07 Å². The highest BCUT2D eigenvalue weighted by molar-refractivity contribution is 6.32. The van der Waals surface area contributed by atoms with Gasteiger partial charge in [-0.15, -0.1) is 0 Å². The van der Waals surface area contributed by atoms with E-state index < -0.39 is 0 Å². The average Bonchev–Trinajstić information content (AvgIpc) is 2.98. The van der Waals surface area contributed by atoms with E-state index in [0.29, 0.717) is 24.5 Å². The van der Waals surface area contributed by atoms with Crippen LogP contribution >= 0.6 is 11.6 Å². The number of amides is 1. The van der Waals surface area contributed by atoms with E-state index in [-0.39, 0.29) is 5.91 Å². The third-order valence-corrected chi connectivity index (χ3v) is 6.18. The van der Waals surface area contributed by atoms with E-state index >= 15 is 0 Å². The molecule has 0 spiro atoms. The highest BCUT2D eigenvalue weighted by Crippen LogP contribution is 2.37. The molecular formula is C24H30ClN3O2. The van der Waals surface area contributed by atoms with Crippen molar-refractivity contribution >= 4 is 23.2 Å². The summed E-state index contributed by atoms with van der Waals surface area (Å²) in [5.41, 5.74) is 3.24. The summed E-state index contributed by atoms with van der Waals surface area (Å²) < 4.78 is 6.07. The molecule has 1 N–H and O–H groups in total. The summed E-state index contributed by atoms with van der Waals surface area (Å²) in [6.07, 6.45) is 3.33. The fourth-order valence-electron chi connectivity index (χ4n) is 4.28. The molecule has 0 atom stereocenters. The summed E-state index contributed by atoms with van der Waals surface area (Å²) in [6.45, 7) is 7.19. The number of hydrogen-bond acceptors (Lipinski definition) is 4. The van der Waals surface area contributed by atoms with Crippen molar-refractivity contribution in [2.75, 3.05) is 44.6 Å². The Labute approximate surface area is 184 Å². The van der Waals surface area contributed by atoms with Crippen LogP contribution < -0.4 is 10.1 Å². The van der Waals surface area contributed by atoms with Crippen LogP contribution in [-0.4, -0.2) is 55.0 Å². The maximum absolute atomic E-state index is 11.6. The van der Waals surface area contributed by atoms with Gasteiger partial charge in [0.1, 0.15) is 5.75 Å². The van der Waals surface area contributed by atoms with Crippen molar-refractivity contribution in [1.29, 1.82) is 0 Å². The maximum Gasteiger partial charge on any atom is 0.224 e. The molecule has 1 fully saturated rings. The summed E-state index contributed by atoms with van der Waals surface area (Å²) in [4.78, 5) is 16.7. The van der Waals surface area contributed by atoms with Gasteiger partial charge in [-0.25, -0.2) is 0 Å². The van der Waals surface area contributed by atoms with Crippen molar-refractivity contribution in [3.8, 4) is 5.75 Å². The standard InChI is InChI=1S/C24H30ClN3O2/c25-21-9-10-22-20(8-11-23(29)26-22)24(21)30-17-5-14-27-12-4-13-28(16-15-27)18-19-6-2-1-3-7-19/h1-3,6-7,9-10H,4-5,8,11-18H2,(H,26,29). The Bertz CT molecular complexity index is 859. The van der Waals surface area contributed by atoms with Crippen LogP contribution in [0.4, 0.5) is 5.69 Å². The van der Waals surface area contributed by atoms with Crippen molar-refractivity contribution < 1.29 is 9.53 Å². The normalized spacial score (nSPS) is 17.8. The fraction of sp³-hybridized carbons (Fsp3) is 0.458. The molecule has 0 aliphatic carbocycles. The number of ether oxygens (including phenoxy) is 1. The lowest BCUT2D eigenvalue weighted by molar-refractivity contribution is -0.116. The molecule has 2 aromatic carbocycles. The Balaban J connectivity index is 1.23. The van der Waals surface area contributed by atoms with Gasteiger partial charge in [-0.2, -0.15) is 0 Å². The second-order valence-electron chi connectivity index (χ2n) is 8.11. The van der Waals surface area contributed by atoms with Gasteiger partial charge in [0.05, 0.1) is 11.6 Å². The zero-order valence-corrected chi connectivity index (χ0v) is 18.2. The van der Waals surface area contributed by atoms with Crippen LogP contribution in [0, 0.1) is 0 Å². The van der Waals surface area contributed by atoms with Crippen LogP contribution in [-0.2, 0) is 17.8 Å². The first-order valence-electron chi connectivity index (χ1n) is 10.9. The molecule has 6 heteroatoms. The first-order chi connectivity index (χ1) is 14.7. The highest BCUT2D eigenvalue weighted by atomic mass is 35.5. The second kappa shape index (κ2) is 10.3. The summed E-state index contributed by atoms with van der Waals surface area (Å²) in [5.74, 6) is 0.789. The summed E-state index contributed by atoms with van der Waals surface area (Å²) in [5, 5.41) is 3.53. The number of carbonyl (C=O) groups excluding carboxylic acids is 1. The van der Waals surface area contributed by atoms with Crippen molar-refractivity contribution in [2.45, 2.75) is 32.2 Å². The smallest absolute Gasteiger partial charge is 0.224 e. The average molecular weight is 428 g/mol. The monoisotopic (exact) mass is 427 g/mol. The van der Waals surface area contributed by atoms with Crippen molar-refractivity contribution in [1.82, 2.24) is 9.80 Å². The Morgan fingerprint density at radius 3 is 2.63 bits per heavy atom. The Morgan fingerprint density at radius 2 is 1.77 bits per heavy atom. The number of nitrogens with one attached hydrogen (secondary N) is 1. The molecule has 0 unspecified atom stereocenters. The van der Waals surface area contributed by atoms with Crippen LogP contribution in [0.3, 0.4) is 0 Å². The number of nitrogens with zero attached hydrogens (tertiary/aromatic N) is 2. The van der Waals surface area contributed by atoms with Gasteiger partial charge in [0.2, 0.25) is 5.91 Å². The fourth-order valence-corrected chi connectivity index (χ4v) is 4.51. The lowest BCUT2D eigenvalue weighted by atomic mass is 10.0. The number of carbonyl (C=O) groups is 1. The van der Waals surface area contributed by atoms with Gasteiger partial charge in [0.25, 0.3) is 0 Å². The molecule has 2 aliphatic rings. The Kier molecular flexibility index (Phi) is 7.26. The van der Waals surface area contributed by atoms with Crippen molar-refractivity contribution in [3.63, 3.8) is 0 Å². The van der Waals surface area contributed by atoms with Gasteiger partial charge < -0.3 is 15.0 Å². The molecule has 160 valence electrons. The summed E-state index contributed by atoms with van der Waals surface area (Å²) in [6, 6.07) is 14.4. The maximum atomic E-state index is 11.6. The molecule has 0 bridgehead atoms. The molecule has 2 aromatic rings. The van der Waals surface area contributed by atoms with Gasteiger partial charge in [0, 0.05) is 43.9 Å². The lowest BCUT2D eigenvalue weighted by Gasteiger charge is -2.23. The van der Waals surface area contributed by atoms with E-state index in [2.05, 4.69) is 45.4 Å². The first kappa shape index (κ1) is 21.2. The van der Waals surface area contributed by atoms with Crippen LogP contribution in [0.5, 0.6) is 5.75 Å². The zero-order valence-electron chi connectivity index (χ0n) is 17.4. The number of hydrogen-bond donors (Lipinski definition) is 1. The van der Waals surface area contributed by atoms with Gasteiger partial charge in [-0.1, -0.05) is 41.9 Å². The van der Waals surface area contributed by atoms with Gasteiger partial charge >= 0.3 is 0 Å². The van der Waals surface area contributed by atoms with Crippen molar-refractivity contribution in [2.24, 2.45) is 0 Å². The van der Waals surface area contributed by atoms with E-state index in [4.69, 9.17) is 16.3 Å². The topological polar surface area (TPSA) is 44.8 Å². The molecule has 1 amide bonds. The molecular weight excluding hydrogens is 398 g/mol. The Hall–Kier alpha value is -2.08. The van der Waals surface area contributed by atoms with Crippen LogP contribution in [0.2, 0.25) is 5.02 Å². The Morgan fingerprint density at radius 1 is 0.967 bits per heavy atom. The quantitative estimate of drug-likeness (QED) is 0.672. The number of rotatable bonds is 7. The van der Waals surface area contributed by atoms with Gasteiger partial charge in [-0.3, -0.25) is 9.69 Å². The number of benzene rings is 2. The predicted octanol–water partition coefficient (Wildman–Crippen LogP) is 4.20. The summed E-state index contributed by atoms with van der Waals surface area (Å²) >= 11 is 6.38. The van der Waals surface area contributed by atoms with E-state index in [1.807, 2.05) is 6.07 Å². The third kappa shape index (κ3) is 5.54. The SMILES string of the molecule is O=C1CCc2c(ccc(Cl)c2OCCCN2CCCN(Cc3ccccc3)CC2)N1. The third-order valence-electron chi connectivity index (χ3n) is 5.88. The lowest BCUT2D eigenvalue weighted by Crippen LogP contribution is -2.31. The van der Waals surface area contributed by atoms with Gasteiger partial charge in [0.15, 0.2) is 0 Å². The van der Waals surface area contributed by atoms with E-state index in [9.17, 15) is 4.79 Å². The van der Waals surface area contributed by atoms with Crippen LogP contribution in [0.25, 0.3) is 0 Å². The van der Waals surface area contributed by atoms with Crippen LogP contribution in [0.15, 0.2) is 42.5 Å². The molecule has 5 nitrogen and oxygen atoms in total. The first-order valence-corrected chi connectivity index (χ1v) is 11.3. The molecule has 0 radical (unpaired) electrons. The zero-order chi connectivity index (χ0) is 20.8. The number of halogens is 1. The molecule has 2 heterocycles. The molecule has 4 rings (SSSR count). The number of fused-ring (bicyclic) bond motifs is 1. The number of anilines is 1. The molecule has 0 aromatic heterocycles. The minimum absolute atomic E-state index is 0.0539. The minimum atomic E-state index is 0.0539. The molecule has 2 aliphatic heterocycles. The molecule has 30 heavy (non-hydrogen) atoms. The predicted molar refractivity (Wildman–Crippen MR) is 121 cm³/mol. The largest absolute Gasteiger partial charge is 0.492 e. The second-order valence-corrected chi connectivity index (χ2v) is 8.52. The van der Waals surface area contributed by atoms with E-state index in [1.165, 1.54) is 12.0 Å². The highest BCUT2D eigenvalue weighted by Gasteiger charge is 2.21. The van der Waals surface area contributed by atoms with Crippen molar-refractivity contribution in [3.05, 3.63) is 58.6 Å². The van der Waals surface area contributed by atoms with Crippen LogP contribution in [0.1, 0.15) is 30.4 Å². The molecule has 0 saturated carbocycles. The summed E-state index contributed by atoms with van der Waals surface area (Å²) in [7, 11) is 0. The minimum Gasteiger partial charge on any atom is -0.492 e. The molecule has 1 saturated heterocycles. The van der Waals surface area contributed by atoms with Gasteiger partial charge in [-0.05, 0) is 50.0 Å².